The molecule has 3 aromatic rings. The predicted molar refractivity (Wildman–Crippen MR) is 68.0 cm³/mol. The minimum absolute atomic E-state index is 0.354. The molecule has 0 atom stereocenters. The number of anilines is 1. The van der Waals surface area contributed by atoms with E-state index in [1.165, 1.54) is 11.8 Å². The van der Waals surface area contributed by atoms with E-state index in [1.807, 2.05) is 0 Å². The van der Waals surface area contributed by atoms with E-state index in [4.69, 9.17) is 14.7 Å². The molecule has 0 amide bonds. The van der Waals surface area contributed by atoms with Crippen molar-refractivity contribution in [2.75, 3.05) is 5.73 Å². The SMILES string of the molecule is Nc1nccnc1SCc1noc(-c2ccco2)n1. The molecular formula is C11H9N5O2S. The molecule has 96 valence electrons. The number of furan rings is 1. The Bertz CT molecular complexity index is 667. The van der Waals surface area contributed by atoms with Crippen molar-refractivity contribution in [2.24, 2.45) is 0 Å². The molecule has 0 bridgehead atoms. The zero-order chi connectivity index (χ0) is 13.1. The highest BCUT2D eigenvalue weighted by Crippen LogP contribution is 2.24. The van der Waals surface area contributed by atoms with Gasteiger partial charge < -0.3 is 14.7 Å². The average molecular weight is 275 g/mol. The first-order valence-electron chi connectivity index (χ1n) is 5.38. The molecule has 0 unspecified atom stereocenters. The van der Waals surface area contributed by atoms with Crippen LogP contribution in [0.2, 0.25) is 0 Å². The summed E-state index contributed by atoms with van der Waals surface area (Å²) in [6.45, 7) is 0. The first kappa shape index (κ1) is 11.7. The molecule has 3 heterocycles. The van der Waals surface area contributed by atoms with Gasteiger partial charge in [-0.1, -0.05) is 16.9 Å². The zero-order valence-electron chi connectivity index (χ0n) is 9.68. The quantitative estimate of drug-likeness (QED) is 0.721. The fraction of sp³-hybridized carbons (Fsp3) is 0.0909. The summed E-state index contributed by atoms with van der Waals surface area (Å²) in [5.41, 5.74) is 5.69. The second-order valence-corrected chi connectivity index (χ2v) is 4.49. The van der Waals surface area contributed by atoms with Crippen molar-refractivity contribution < 1.29 is 8.94 Å². The Morgan fingerprint density at radius 3 is 2.95 bits per heavy atom. The maximum absolute atomic E-state index is 5.69. The molecular weight excluding hydrogens is 266 g/mol. The van der Waals surface area contributed by atoms with E-state index in [2.05, 4.69) is 20.1 Å². The van der Waals surface area contributed by atoms with Gasteiger partial charge in [-0.2, -0.15) is 4.98 Å². The van der Waals surface area contributed by atoms with E-state index in [9.17, 15) is 0 Å². The number of nitrogens with zero attached hydrogens (tertiary/aromatic N) is 4. The Hall–Kier alpha value is -2.35. The van der Waals surface area contributed by atoms with Crippen LogP contribution in [-0.4, -0.2) is 20.1 Å². The predicted octanol–water partition coefficient (Wildman–Crippen LogP) is 1.99. The molecule has 0 saturated heterocycles. The van der Waals surface area contributed by atoms with Crippen LogP contribution < -0.4 is 5.73 Å². The molecule has 2 N–H and O–H groups in total. The van der Waals surface area contributed by atoms with Crippen LogP contribution in [0.3, 0.4) is 0 Å². The van der Waals surface area contributed by atoms with Gasteiger partial charge in [-0.25, -0.2) is 9.97 Å². The average Bonchev–Trinajstić information content (AvgIpc) is 3.09. The largest absolute Gasteiger partial charge is 0.459 e. The standard InChI is InChI=1S/C11H9N5O2S/c12-9-11(14-4-3-13-9)19-6-8-15-10(18-16-8)7-2-1-5-17-7/h1-5H,6H2,(H2,12,13). The lowest BCUT2D eigenvalue weighted by molar-refractivity contribution is 0.411. The minimum atomic E-state index is 0.354. The molecule has 7 nitrogen and oxygen atoms in total. The smallest absolute Gasteiger partial charge is 0.293 e. The highest BCUT2D eigenvalue weighted by molar-refractivity contribution is 7.98. The third-order valence-electron chi connectivity index (χ3n) is 2.23. The number of hydrogen-bond donors (Lipinski definition) is 1. The van der Waals surface area contributed by atoms with Crippen molar-refractivity contribution in [3.05, 3.63) is 36.6 Å². The van der Waals surface area contributed by atoms with Crippen LogP contribution in [0.25, 0.3) is 11.7 Å². The van der Waals surface area contributed by atoms with Crippen LogP contribution in [0, 0.1) is 0 Å². The molecule has 0 aromatic carbocycles. The van der Waals surface area contributed by atoms with Crippen molar-refractivity contribution in [1.82, 2.24) is 20.1 Å². The molecule has 0 saturated carbocycles. The van der Waals surface area contributed by atoms with Gasteiger partial charge in [-0.15, -0.1) is 0 Å². The van der Waals surface area contributed by atoms with Crippen molar-refractivity contribution in [1.29, 1.82) is 0 Å². The number of nitrogens with two attached hydrogens (primary N) is 1. The Morgan fingerprint density at radius 1 is 1.26 bits per heavy atom. The second-order valence-electron chi connectivity index (χ2n) is 3.53. The van der Waals surface area contributed by atoms with Gasteiger partial charge >= 0.3 is 0 Å². The Balaban J connectivity index is 1.70. The van der Waals surface area contributed by atoms with Gasteiger partial charge in [0.1, 0.15) is 5.03 Å². The molecule has 0 radical (unpaired) electrons. The maximum Gasteiger partial charge on any atom is 0.293 e. The molecule has 0 aliphatic rings. The summed E-state index contributed by atoms with van der Waals surface area (Å²) >= 11 is 1.40. The summed E-state index contributed by atoms with van der Waals surface area (Å²) in [4.78, 5) is 12.3. The Kier molecular flexibility index (Phi) is 3.15. The van der Waals surface area contributed by atoms with Gasteiger partial charge in [0.15, 0.2) is 17.4 Å². The maximum atomic E-state index is 5.69. The van der Waals surface area contributed by atoms with Crippen molar-refractivity contribution in [2.45, 2.75) is 10.8 Å². The fourth-order valence-electron chi connectivity index (χ4n) is 1.39. The van der Waals surface area contributed by atoms with Crippen LogP contribution in [-0.2, 0) is 5.75 Å². The zero-order valence-corrected chi connectivity index (χ0v) is 10.5. The summed E-state index contributed by atoms with van der Waals surface area (Å²) in [7, 11) is 0. The number of thioether (sulfide) groups is 1. The van der Waals surface area contributed by atoms with E-state index in [1.54, 1.807) is 30.8 Å². The lowest BCUT2D eigenvalue weighted by Crippen LogP contribution is -1.95. The van der Waals surface area contributed by atoms with Gasteiger partial charge in [0.25, 0.3) is 5.89 Å². The van der Waals surface area contributed by atoms with E-state index < -0.39 is 0 Å². The van der Waals surface area contributed by atoms with Gasteiger partial charge in [0, 0.05) is 12.4 Å². The van der Waals surface area contributed by atoms with E-state index in [0.29, 0.717) is 34.1 Å². The lowest BCUT2D eigenvalue weighted by Gasteiger charge is -1.99. The molecule has 0 aliphatic carbocycles. The topological polar surface area (TPSA) is 104 Å². The van der Waals surface area contributed by atoms with Gasteiger partial charge in [0.05, 0.1) is 12.0 Å². The second kappa shape index (κ2) is 5.11. The van der Waals surface area contributed by atoms with Crippen LogP contribution in [0.15, 0.2) is 44.8 Å². The normalized spacial score (nSPS) is 10.7. The first-order valence-corrected chi connectivity index (χ1v) is 6.37. The fourth-order valence-corrected chi connectivity index (χ4v) is 2.11. The third-order valence-corrected chi connectivity index (χ3v) is 3.22. The van der Waals surface area contributed by atoms with E-state index in [0.717, 1.165) is 0 Å². The molecule has 19 heavy (non-hydrogen) atoms. The third kappa shape index (κ3) is 2.58. The highest BCUT2D eigenvalue weighted by atomic mass is 32.2. The van der Waals surface area contributed by atoms with Crippen molar-refractivity contribution >= 4 is 17.6 Å². The van der Waals surface area contributed by atoms with Gasteiger partial charge in [-0.3, -0.25) is 0 Å². The van der Waals surface area contributed by atoms with Crippen LogP contribution in [0.1, 0.15) is 5.82 Å². The summed E-state index contributed by atoms with van der Waals surface area (Å²) < 4.78 is 10.3. The monoisotopic (exact) mass is 275 g/mol. The molecule has 3 rings (SSSR count). The summed E-state index contributed by atoms with van der Waals surface area (Å²) in [6.07, 6.45) is 4.68. The number of rotatable bonds is 4. The van der Waals surface area contributed by atoms with Crippen molar-refractivity contribution in [3.63, 3.8) is 0 Å². The van der Waals surface area contributed by atoms with E-state index in [-0.39, 0.29) is 0 Å². The lowest BCUT2D eigenvalue weighted by atomic mass is 10.4. The highest BCUT2D eigenvalue weighted by Gasteiger charge is 2.12. The van der Waals surface area contributed by atoms with Crippen molar-refractivity contribution in [3.8, 4) is 11.7 Å². The number of hydrogen-bond acceptors (Lipinski definition) is 8. The molecule has 3 aromatic heterocycles. The molecule has 0 fully saturated rings. The summed E-state index contributed by atoms with van der Waals surface area (Å²) in [5.74, 6) is 2.33. The molecule has 0 spiro atoms. The number of aromatic nitrogens is 4. The Labute approximate surface area is 112 Å². The first-order chi connectivity index (χ1) is 9.33. The van der Waals surface area contributed by atoms with Gasteiger partial charge in [-0.05, 0) is 12.1 Å². The van der Waals surface area contributed by atoms with Crippen LogP contribution in [0.5, 0.6) is 0 Å². The summed E-state index contributed by atoms with van der Waals surface area (Å²) in [6, 6.07) is 3.51. The van der Waals surface area contributed by atoms with Crippen LogP contribution >= 0.6 is 11.8 Å². The molecule has 8 heteroatoms. The Morgan fingerprint density at radius 2 is 2.16 bits per heavy atom. The molecule has 0 aliphatic heterocycles. The van der Waals surface area contributed by atoms with Crippen LogP contribution in [0.4, 0.5) is 5.82 Å². The van der Waals surface area contributed by atoms with Gasteiger partial charge in [0.2, 0.25) is 0 Å². The summed E-state index contributed by atoms with van der Waals surface area (Å²) in [5, 5.41) is 4.51. The minimum Gasteiger partial charge on any atom is -0.459 e. The van der Waals surface area contributed by atoms with E-state index >= 15 is 0 Å². The number of nitrogen functional groups attached to an aromatic ring is 1.